The van der Waals surface area contributed by atoms with Crippen LogP contribution >= 0.6 is 0 Å². The van der Waals surface area contributed by atoms with Gasteiger partial charge in [-0.05, 0) is 47.7 Å². The zero-order valence-corrected chi connectivity index (χ0v) is 11.9. The van der Waals surface area contributed by atoms with Gasteiger partial charge in [-0.15, -0.1) is 0 Å². The molecule has 0 spiro atoms. The van der Waals surface area contributed by atoms with Gasteiger partial charge in [0.1, 0.15) is 0 Å². The third kappa shape index (κ3) is 5.82. The van der Waals surface area contributed by atoms with Gasteiger partial charge in [0.15, 0.2) is 0 Å². The fraction of sp³-hybridized carbons (Fsp3) is 1.00. The SMILES string of the molecule is CN(C)CC(C)(O)CNCC1CCC(C)(C)O1. The van der Waals surface area contributed by atoms with E-state index in [-0.39, 0.29) is 5.60 Å². The number of nitrogens with zero attached hydrogens (tertiary/aromatic N) is 1. The molecule has 4 nitrogen and oxygen atoms in total. The Hall–Kier alpha value is -0.160. The van der Waals surface area contributed by atoms with Gasteiger partial charge in [-0.2, -0.15) is 0 Å². The van der Waals surface area contributed by atoms with Crippen molar-refractivity contribution in [3.63, 3.8) is 0 Å². The average Bonchev–Trinajstić information content (AvgIpc) is 2.42. The first-order valence-corrected chi connectivity index (χ1v) is 6.46. The molecule has 0 aromatic rings. The number of hydrogen-bond donors (Lipinski definition) is 2. The molecule has 0 aromatic carbocycles. The van der Waals surface area contributed by atoms with Crippen LogP contribution in [0, 0.1) is 0 Å². The maximum atomic E-state index is 10.1. The van der Waals surface area contributed by atoms with Crippen LogP contribution in [-0.2, 0) is 4.74 Å². The van der Waals surface area contributed by atoms with Gasteiger partial charge in [-0.1, -0.05) is 0 Å². The summed E-state index contributed by atoms with van der Waals surface area (Å²) >= 11 is 0. The van der Waals surface area contributed by atoms with Crippen molar-refractivity contribution in [2.75, 3.05) is 33.7 Å². The molecule has 2 N–H and O–H groups in total. The predicted molar refractivity (Wildman–Crippen MR) is 70.2 cm³/mol. The molecule has 17 heavy (non-hydrogen) atoms. The lowest BCUT2D eigenvalue weighted by Crippen LogP contribution is -2.47. The Bertz CT molecular complexity index is 240. The van der Waals surface area contributed by atoms with Gasteiger partial charge < -0.3 is 20.1 Å². The minimum Gasteiger partial charge on any atom is -0.388 e. The summed E-state index contributed by atoms with van der Waals surface area (Å²) in [5.74, 6) is 0. The number of ether oxygens (including phenoxy) is 1. The Morgan fingerprint density at radius 1 is 1.47 bits per heavy atom. The van der Waals surface area contributed by atoms with Gasteiger partial charge in [0.25, 0.3) is 0 Å². The van der Waals surface area contributed by atoms with Crippen molar-refractivity contribution in [2.45, 2.75) is 50.9 Å². The van der Waals surface area contributed by atoms with Crippen LogP contribution in [-0.4, -0.2) is 61.0 Å². The summed E-state index contributed by atoms with van der Waals surface area (Å²) in [6, 6.07) is 0. The Morgan fingerprint density at radius 2 is 2.12 bits per heavy atom. The van der Waals surface area contributed by atoms with E-state index in [4.69, 9.17) is 4.74 Å². The average molecular weight is 244 g/mol. The van der Waals surface area contributed by atoms with Gasteiger partial charge in [-0.25, -0.2) is 0 Å². The third-order valence-electron chi connectivity index (χ3n) is 3.09. The van der Waals surface area contributed by atoms with Crippen LogP contribution in [0.25, 0.3) is 0 Å². The fourth-order valence-electron chi connectivity index (χ4n) is 2.46. The molecular formula is C13H28N2O2. The number of likely N-dealkylation sites (N-methyl/N-ethyl adjacent to an activating group) is 1. The van der Waals surface area contributed by atoms with Gasteiger partial charge in [0.2, 0.25) is 0 Å². The highest BCUT2D eigenvalue weighted by Gasteiger charge is 2.31. The van der Waals surface area contributed by atoms with E-state index in [1.165, 1.54) is 0 Å². The first-order chi connectivity index (χ1) is 7.70. The lowest BCUT2D eigenvalue weighted by Gasteiger charge is -2.28. The highest BCUT2D eigenvalue weighted by Crippen LogP contribution is 2.28. The topological polar surface area (TPSA) is 44.7 Å². The molecule has 1 saturated heterocycles. The number of nitrogens with one attached hydrogen (secondary N) is 1. The summed E-state index contributed by atoms with van der Waals surface area (Å²) in [6.07, 6.45) is 2.52. The zero-order valence-electron chi connectivity index (χ0n) is 11.9. The summed E-state index contributed by atoms with van der Waals surface area (Å²) < 4.78 is 5.89. The first-order valence-electron chi connectivity index (χ1n) is 6.46. The smallest absolute Gasteiger partial charge is 0.0869 e. The Labute approximate surface area is 105 Å². The van der Waals surface area contributed by atoms with Crippen molar-refractivity contribution in [3.8, 4) is 0 Å². The summed E-state index contributed by atoms with van der Waals surface area (Å²) in [6.45, 7) is 8.22. The fourth-order valence-corrected chi connectivity index (χ4v) is 2.46. The second-order valence-corrected chi connectivity index (χ2v) is 6.40. The van der Waals surface area contributed by atoms with E-state index in [1.807, 2.05) is 25.9 Å². The van der Waals surface area contributed by atoms with Crippen molar-refractivity contribution in [1.82, 2.24) is 10.2 Å². The molecular weight excluding hydrogens is 216 g/mol. The van der Waals surface area contributed by atoms with Crippen molar-refractivity contribution < 1.29 is 9.84 Å². The Morgan fingerprint density at radius 3 is 2.59 bits per heavy atom. The van der Waals surface area contributed by atoms with Gasteiger partial charge in [0.05, 0.1) is 17.3 Å². The van der Waals surface area contributed by atoms with Crippen molar-refractivity contribution in [2.24, 2.45) is 0 Å². The molecule has 1 aliphatic heterocycles. The molecule has 2 atom stereocenters. The maximum absolute atomic E-state index is 10.1. The van der Waals surface area contributed by atoms with Gasteiger partial charge in [0, 0.05) is 19.6 Å². The first kappa shape index (κ1) is 14.9. The molecule has 0 aromatic heterocycles. The quantitative estimate of drug-likeness (QED) is 0.727. The van der Waals surface area contributed by atoms with Crippen LogP contribution in [0.15, 0.2) is 0 Å². The lowest BCUT2D eigenvalue weighted by atomic mass is 10.1. The van der Waals surface area contributed by atoms with E-state index >= 15 is 0 Å². The largest absolute Gasteiger partial charge is 0.388 e. The summed E-state index contributed by atoms with van der Waals surface area (Å²) in [4.78, 5) is 2.00. The Kier molecular flexibility index (Phi) is 4.95. The molecule has 1 fully saturated rings. The van der Waals surface area contributed by atoms with Crippen LogP contribution in [0.1, 0.15) is 33.6 Å². The van der Waals surface area contributed by atoms with E-state index in [0.717, 1.165) is 19.4 Å². The molecule has 0 aliphatic carbocycles. The van der Waals surface area contributed by atoms with Crippen molar-refractivity contribution >= 4 is 0 Å². The number of hydrogen-bond acceptors (Lipinski definition) is 4. The molecule has 0 bridgehead atoms. The maximum Gasteiger partial charge on any atom is 0.0869 e. The van der Waals surface area contributed by atoms with Crippen molar-refractivity contribution in [1.29, 1.82) is 0 Å². The van der Waals surface area contributed by atoms with Crippen LogP contribution in [0.5, 0.6) is 0 Å². The second kappa shape index (κ2) is 5.65. The van der Waals surface area contributed by atoms with Crippen LogP contribution < -0.4 is 5.32 Å². The molecule has 102 valence electrons. The normalized spacial score (nSPS) is 27.4. The minimum atomic E-state index is -0.683. The van der Waals surface area contributed by atoms with E-state index in [2.05, 4.69) is 19.2 Å². The molecule has 0 saturated carbocycles. The summed E-state index contributed by atoms with van der Waals surface area (Å²) in [5.41, 5.74) is -0.657. The van der Waals surface area contributed by atoms with E-state index < -0.39 is 5.60 Å². The standard InChI is InChI=1S/C13H28N2O2/c1-12(2)7-6-11(17-12)8-14-9-13(3,16)10-15(4)5/h11,14,16H,6-10H2,1-5H3. The summed E-state index contributed by atoms with van der Waals surface area (Å²) in [7, 11) is 3.94. The molecule has 4 heteroatoms. The second-order valence-electron chi connectivity index (χ2n) is 6.40. The number of rotatable bonds is 6. The van der Waals surface area contributed by atoms with Gasteiger partial charge >= 0.3 is 0 Å². The predicted octanol–water partition coefficient (Wildman–Crippen LogP) is 0.846. The minimum absolute atomic E-state index is 0.0263. The molecule has 2 unspecified atom stereocenters. The molecule has 1 aliphatic rings. The highest BCUT2D eigenvalue weighted by atomic mass is 16.5. The molecule has 0 amide bonds. The van der Waals surface area contributed by atoms with E-state index in [1.54, 1.807) is 0 Å². The van der Waals surface area contributed by atoms with Crippen LogP contribution in [0.2, 0.25) is 0 Å². The monoisotopic (exact) mass is 244 g/mol. The lowest BCUT2D eigenvalue weighted by molar-refractivity contribution is -0.0185. The molecule has 0 radical (unpaired) electrons. The van der Waals surface area contributed by atoms with Crippen molar-refractivity contribution in [3.05, 3.63) is 0 Å². The summed E-state index contributed by atoms with van der Waals surface area (Å²) in [5, 5.41) is 13.4. The highest BCUT2D eigenvalue weighted by molar-refractivity contribution is 4.84. The molecule has 1 heterocycles. The van der Waals surface area contributed by atoms with Crippen LogP contribution in [0.3, 0.4) is 0 Å². The van der Waals surface area contributed by atoms with E-state index in [0.29, 0.717) is 19.2 Å². The van der Waals surface area contributed by atoms with Gasteiger partial charge in [-0.3, -0.25) is 0 Å². The van der Waals surface area contributed by atoms with Crippen LogP contribution in [0.4, 0.5) is 0 Å². The number of aliphatic hydroxyl groups is 1. The van der Waals surface area contributed by atoms with E-state index in [9.17, 15) is 5.11 Å². The third-order valence-corrected chi connectivity index (χ3v) is 3.09. The molecule has 1 rings (SSSR count). The Balaban J connectivity index is 2.20. The zero-order chi connectivity index (χ0) is 13.1.